The molecule has 4 heteroatoms. The lowest BCUT2D eigenvalue weighted by Crippen LogP contribution is -1.96. The fourth-order valence-electron chi connectivity index (χ4n) is 4.12. The first-order chi connectivity index (χ1) is 14.1. The van der Waals surface area contributed by atoms with E-state index >= 15 is 0 Å². The van der Waals surface area contributed by atoms with E-state index < -0.39 is 0 Å². The highest BCUT2D eigenvalue weighted by molar-refractivity contribution is 6.12. The maximum absolute atomic E-state index is 11.6. The van der Waals surface area contributed by atoms with Gasteiger partial charge in [-0.3, -0.25) is 10.1 Å². The number of aromatic nitrogens is 1. The summed E-state index contributed by atoms with van der Waals surface area (Å²) in [5.74, 6) is 0. The van der Waals surface area contributed by atoms with Crippen LogP contribution in [0.2, 0.25) is 0 Å². The van der Waals surface area contributed by atoms with Gasteiger partial charge < -0.3 is 4.57 Å². The number of hydrogen-bond acceptors (Lipinski definition) is 2. The molecule has 0 aliphatic rings. The maximum atomic E-state index is 11.6. The van der Waals surface area contributed by atoms with Gasteiger partial charge in [0.15, 0.2) is 0 Å². The lowest BCUT2D eigenvalue weighted by molar-refractivity contribution is -0.384. The Morgan fingerprint density at radius 3 is 2.34 bits per heavy atom. The number of nitro benzene ring substituents is 1. The smallest absolute Gasteiger partial charge is 0.277 e. The molecule has 4 nitrogen and oxygen atoms in total. The number of fused-ring (bicyclic) bond motifs is 3. The second-order valence-corrected chi connectivity index (χ2v) is 7.15. The van der Waals surface area contributed by atoms with Crippen molar-refractivity contribution in [2.45, 2.75) is 6.92 Å². The molecular weight excluding hydrogens is 360 g/mol. The molecule has 0 unspecified atom stereocenters. The minimum absolute atomic E-state index is 0.120. The van der Waals surface area contributed by atoms with E-state index in [1.807, 2.05) is 36.4 Å². The largest absolute Gasteiger partial charge is 0.316 e. The lowest BCUT2D eigenvalue weighted by Gasteiger charge is -2.13. The zero-order valence-corrected chi connectivity index (χ0v) is 15.9. The molecular formula is C25H18N2O2. The van der Waals surface area contributed by atoms with Crippen molar-refractivity contribution in [1.82, 2.24) is 4.57 Å². The van der Waals surface area contributed by atoms with Crippen molar-refractivity contribution in [3.05, 3.63) is 107 Å². The number of nitrogens with zero attached hydrogens (tertiary/aromatic N) is 2. The predicted octanol–water partition coefficient (Wildman–Crippen LogP) is 6.67. The summed E-state index contributed by atoms with van der Waals surface area (Å²) in [4.78, 5) is 11.3. The Balaban J connectivity index is 1.86. The average Bonchev–Trinajstić information content (AvgIpc) is 3.18. The van der Waals surface area contributed by atoms with E-state index in [2.05, 4.69) is 54.1 Å². The third kappa shape index (κ3) is 2.69. The summed E-state index contributed by atoms with van der Waals surface area (Å²) < 4.78 is 2.20. The molecule has 29 heavy (non-hydrogen) atoms. The molecule has 0 fully saturated rings. The molecule has 1 aromatic heterocycles. The molecule has 1 heterocycles. The van der Waals surface area contributed by atoms with E-state index in [1.165, 1.54) is 5.56 Å². The summed E-state index contributed by atoms with van der Waals surface area (Å²) >= 11 is 0. The standard InChI is InChI=1S/C25H18N2O2/c1-17-7-2-4-11-23(17)26-16-15-18-13-14-20-19(9-6-10-22(20)25(18)26)21-8-3-5-12-24(21)27(28)29/h2-16H,1H3. The molecule has 140 valence electrons. The minimum Gasteiger partial charge on any atom is -0.316 e. The molecule has 0 aliphatic carbocycles. The van der Waals surface area contributed by atoms with Gasteiger partial charge in [-0.25, -0.2) is 0 Å². The highest BCUT2D eigenvalue weighted by Crippen LogP contribution is 2.38. The highest BCUT2D eigenvalue weighted by atomic mass is 16.6. The number of nitro groups is 1. The maximum Gasteiger partial charge on any atom is 0.277 e. The van der Waals surface area contributed by atoms with Crippen LogP contribution in [0.1, 0.15) is 5.56 Å². The first-order valence-electron chi connectivity index (χ1n) is 9.48. The van der Waals surface area contributed by atoms with Crippen LogP contribution in [0.25, 0.3) is 38.5 Å². The van der Waals surface area contributed by atoms with Crippen LogP contribution < -0.4 is 0 Å². The van der Waals surface area contributed by atoms with Gasteiger partial charge in [0.25, 0.3) is 5.69 Å². The molecule has 0 aliphatic heterocycles. The molecule has 0 N–H and O–H groups in total. The number of hydrogen-bond donors (Lipinski definition) is 0. The van der Waals surface area contributed by atoms with Gasteiger partial charge >= 0.3 is 0 Å². The van der Waals surface area contributed by atoms with Crippen molar-refractivity contribution in [2.75, 3.05) is 0 Å². The van der Waals surface area contributed by atoms with E-state index in [9.17, 15) is 10.1 Å². The Labute approximate surface area is 167 Å². The molecule has 0 atom stereocenters. The number of aryl methyl sites for hydroxylation is 1. The Hall–Kier alpha value is -3.92. The third-order valence-electron chi connectivity index (χ3n) is 5.47. The lowest BCUT2D eigenvalue weighted by atomic mass is 9.96. The van der Waals surface area contributed by atoms with Crippen LogP contribution in [0, 0.1) is 17.0 Å². The molecule has 0 saturated carbocycles. The number of benzene rings is 4. The van der Waals surface area contributed by atoms with E-state index in [0.717, 1.165) is 32.9 Å². The summed E-state index contributed by atoms with van der Waals surface area (Å²) in [7, 11) is 0. The van der Waals surface area contributed by atoms with Gasteiger partial charge in [-0.1, -0.05) is 60.7 Å². The minimum atomic E-state index is -0.317. The van der Waals surface area contributed by atoms with E-state index in [1.54, 1.807) is 12.1 Å². The Bertz CT molecular complexity index is 1400. The first kappa shape index (κ1) is 17.2. The summed E-state index contributed by atoms with van der Waals surface area (Å²) in [6.07, 6.45) is 2.09. The van der Waals surface area contributed by atoms with Crippen LogP contribution in [-0.2, 0) is 0 Å². The van der Waals surface area contributed by atoms with Gasteiger partial charge in [0.1, 0.15) is 0 Å². The van der Waals surface area contributed by atoms with Crippen molar-refractivity contribution in [2.24, 2.45) is 0 Å². The molecule has 0 spiro atoms. The monoisotopic (exact) mass is 378 g/mol. The van der Waals surface area contributed by atoms with Crippen molar-refractivity contribution in [3.63, 3.8) is 0 Å². The predicted molar refractivity (Wildman–Crippen MR) is 118 cm³/mol. The highest BCUT2D eigenvalue weighted by Gasteiger charge is 2.17. The van der Waals surface area contributed by atoms with Crippen molar-refractivity contribution in [3.8, 4) is 16.8 Å². The SMILES string of the molecule is Cc1ccccc1-n1ccc2ccc3c(-c4ccccc4[N+](=O)[O-])cccc3c21. The van der Waals surface area contributed by atoms with E-state index in [-0.39, 0.29) is 10.6 Å². The van der Waals surface area contributed by atoms with Crippen LogP contribution in [0.5, 0.6) is 0 Å². The summed E-state index contributed by atoms with van der Waals surface area (Å²) in [6, 6.07) is 27.5. The van der Waals surface area contributed by atoms with Gasteiger partial charge in [0, 0.05) is 28.7 Å². The molecule has 5 aromatic rings. The average molecular weight is 378 g/mol. The van der Waals surface area contributed by atoms with E-state index in [4.69, 9.17) is 0 Å². The fraction of sp³-hybridized carbons (Fsp3) is 0.0400. The van der Waals surface area contributed by atoms with Crippen LogP contribution in [0.15, 0.2) is 91.1 Å². The van der Waals surface area contributed by atoms with Gasteiger partial charge in [-0.2, -0.15) is 0 Å². The Kier molecular flexibility index (Phi) is 3.91. The van der Waals surface area contributed by atoms with Gasteiger partial charge in [-0.05, 0) is 41.6 Å². The van der Waals surface area contributed by atoms with Crippen molar-refractivity contribution in [1.29, 1.82) is 0 Å². The number of rotatable bonds is 3. The van der Waals surface area contributed by atoms with Gasteiger partial charge in [0.2, 0.25) is 0 Å². The Morgan fingerprint density at radius 1 is 0.759 bits per heavy atom. The van der Waals surface area contributed by atoms with Gasteiger partial charge in [0.05, 0.1) is 16.0 Å². The summed E-state index contributed by atoms with van der Waals surface area (Å²) in [5.41, 5.74) is 5.06. The second kappa shape index (κ2) is 6.60. The molecule has 0 amide bonds. The van der Waals surface area contributed by atoms with Crippen molar-refractivity contribution < 1.29 is 4.92 Å². The molecule has 4 aromatic carbocycles. The topological polar surface area (TPSA) is 48.1 Å². The number of para-hydroxylation sites is 2. The van der Waals surface area contributed by atoms with Crippen LogP contribution >= 0.6 is 0 Å². The van der Waals surface area contributed by atoms with Crippen molar-refractivity contribution >= 4 is 27.4 Å². The Morgan fingerprint density at radius 2 is 1.52 bits per heavy atom. The van der Waals surface area contributed by atoms with E-state index in [0.29, 0.717) is 5.56 Å². The first-order valence-corrected chi connectivity index (χ1v) is 9.48. The summed E-state index contributed by atoms with van der Waals surface area (Å²) in [5, 5.41) is 14.8. The third-order valence-corrected chi connectivity index (χ3v) is 5.47. The molecule has 0 radical (unpaired) electrons. The quantitative estimate of drug-likeness (QED) is 0.260. The molecule has 0 bridgehead atoms. The normalized spacial score (nSPS) is 11.2. The van der Waals surface area contributed by atoms with Crippen LogP contribution in [-0.4, -0.2) is 9.49 Å². The molecule has 5 rings (SSSR count). The van der Waals surface area contributed by atoms with Crippen LogP contribution in [0.4, 0.5) is 5.69 Å². The fourth-order valence-corrected chi connectivity index (χ4v) is 4.12. The van der Waals surface area contributed by atoms with Crippen LogP contribution in [0.3, 0.4) is 0 Å². The molecule has 0 saturated heterocycles. The zero-order valence-electron chi connectivity index (χ0n) is 15.9. The summed E-state index contributed by atoms with van der Waals surface area (Å²) in [6.45, 7) is 2.10. The second-order valence-electron chi connectivity index (χ2n) is 7.15. The van der Waals surface area contributed by atoms with Gasteiger partial charge in [-0.15, -0.1) is 0 Å². The zero-order chi connectivity index (χ0) is 20.0.